The third kappa shape index (κ3) is 5.31. The first-order valence-corrected chi connectivity index (χ1v) is 9.50. The minimum atomic E-state index is -0.161. The van der Waals surface area contributed by atoms with Gasteiger partial charge in [0.1, 0.15) is 0 Å². The first kappa shape index (κ1) is 20.3. The zero-order valence-electron chi connectivity index (χ0n) is 17.3. The standard InChI is InChI=1S/C23H26N4O2/c1-16-5-7-19(8-6-16)15-27-18(3)21(17(2)26-27)10-11-22(28)24-13-20-9-12-23(29-4)25-14-20/h5-12,14H,13,15H2,1-4H3,(H,24,28)/b11-10+. The molecule has 0 aliphatic heterocycles. The van der Waals surface area contributed by atoms with Gasteiger partial charge in [0.15, 0.2) is 0 Å². The van der Waals surface area contributed by atoms with Crippen molar-refractivity contribution in [3.8, 4) is 5.88 Å². The molecule has 6 nitrogen and oxygen atoms in total. The number of aromatic nitrogens is 3. The van der Waals surface area contributed by atoms with Crippen LogP contribution in [0.1, 0.15) is 33.6 Å². The molecule has 0 saturated heterocycles. The van der Waals surface area contributed by atoms with Gasteiger partial charge in [0.2, 0.25) is 11.8 Å². The number of pyridine rings is 1. The average molecular weight is 390 g/mol. The lowest BCUT2D eigenvalue weighted by Gasteiger charge is -2.05. The summed E-state index contributed by atoms with van der Waals surface area (Å²) in [7, 11) is 1.57. The zero-order valence-corrected chi connectivity index (χ0v) is 17.3. The van der Waals surface area contributed by atoms with E-state index in [4.69, 9.17) is 4.74 Å². The van der Waals surface area contributed by atoms with Crippen molar-refractivity contribution in [2.45, 2.75) is 33.9 Å². The molecule has 0 bridgehead atoms. The zero-order chi connectivity index (χ0) is 20.8. The van der Waals surface area contributed by atoms with Crippen molar-refractivity contribution < 1.29 is 9.53 Å². The smallest absolute Gasteiger partial charge is 0.244 e. The average Bonchev–Trinajstić information content (AvgIpc) is 2.99. The fourth-order valence-corrected chi connectivity index (χ4v) is 3.02. The Kier molecular flexibility index (Phi) is 6.44. The fourth-order valence-electron chi connectivity index (χ4n) is 3.02. The Morgan fingerprint density at radius 3 is 2.48 bits per heavy atom. The van der Waals surface area contributed by atoms with Crippen LogP contribution < -0.4 is 10.1 Å². The van der Waals surface area contributed by atoms with Crippen molar-refractivity contribution in [2.24, 2.45) is 0 Å². The number of hydrogen-bond donors (Lipinski definition) is 1. The second-order valence-corrected chi connectivity index (χ2v) is 6.99. The molecule has 6 heteroatoms. The number of benzene rings is 1. The fraction of sp³-hybridized carbons (Fsp3) is 0.261. The molecule has 1 N–H and O–H groups in total. The van der Waals surface area contributed by atoms with Gasteiger partial charge >= 0.3 is 0 Å². The molecule has 1 amide bonds. The highest BCUT2D eigenvalue weighted by Crippen LogP contribution is 2.17. The van der Waals surface area contributed by atoms with Crippen LogP contribution in [0.2, 0.25) is 0 Å². The van der Waals surface area contributed by atoms with Crippen LogP contribution in [0.25, 0.3) is 6.08 Å². The number of carbonyl (C=O) groups excluding carboxylic acids is 1. The molecule has 0 unspecified atom stereocenters. The van der Waals surface area contributed by atoms with Crippen molar-refractivity contribution in [2.75, 3.05) is 7.11 Å². The number of nitrogens with one attached hydrogen (secondary N) is 1. The molecule has 0 aliphatic carbocycles. The summed E-state index contributed by atoms with van der Waals surface area (Å²) in [6.45, 7) is 7.17. The summed E-state index contributed by atoms with van der Waals surface area (Å²) in [5.74, 6) is 0.388. The third-order valence-corrected chi connectivity index (χ3v) is 4.77. The summed E-state index contributed by atoms with van der Waals surface area (Å²) < 4.78 is 7.00. The molecule has 0 atom stereocenters. The highest BCUT2D eigenvalue weighted by atomic mass is 16.5. The number of carbonyl (C=O) groups is 1. The summed E-state index contributed by atoms with van der Waals surface area (Å²) in [6.07, 6.45) is 5.06. The summed E-state index contributed by atoms with van der Waals surface area (Å²) in [5.41, 5.74) is 6.25. The molecule has 29 heavy (non-hydrogen) atoms. The molecule has 2 heterocycles. The van der Waals surface area contributed by atoms with Crippen LogP contribution in [-0.2, 0) is 17.9 Å². The molecule has 3 rings (SSSR count). The molecule has 0 aliphatic rings. The number of hydrogen-bond acceptors (Lipinski definition) is 4. The van der Waals surface area contributed by atoms with E-state index in [1.165, 1.54) is 11.1 Å². The topological polar surface area (TPSA) is 69.0 Å². The molecule has 1 aromatic carbocycles. The van der Waals surface area contributed by atoms with Gasteiger partial charge in [-0.15, -0.1) is 0 Å². The molecule has 0 fully saturated rings. The number of amides is 1. The van der Waals surface area contributed by atoms with Gasteiger partial charge in [-0.25, -0.2) is 4.98 Å². The second kappa shape index (κ2) is 9.19. The maximum Gasteiger partial charge on any atom is 0.244 e. The number of ether oxygens (including phenoxy) is 1. The van der Waals surface area contributed by atoms with Gasteiger partial charge in [0.25, 0.3) is 0 Å². The summed E-state index contributed by atoms with van der Waals surface area (Å²) >= 11 is 0. The Morgan fingerprint density at radius 1 is 1.10 bits per heavy atom. The number of nitrogens with zero attached hydrogens (tertiary/aromatic N) is 3. The van der Waals surface area contributed by atoms with Gasteiger partial charge in [-0.2, -0.15) is 5.10 Å². The van der Waals surface area contributed by atoms with Crippen LogP contribution in [0.15, 0.2) is 48.7 Å². The Balaban J connectivity index is 1.62. The van der Waals surface area contributed by atoms with Crippen molar-refractivity contribution in [1.29, 1.82) is 0 Å². The third-order valence-electron chi connectivity index (χ3n) is 4.77. The molecule has 2 aromatic heterocycles. The SMILES string of the molecule is COc1ccc(CNC(=O)/C=C/c2c(C)nn(Cc3ccc(C)cc3)c2C)cn1. The first-order chi connectivity index (χ1) is 14.0. The van der Waals surface area contributed by atoms with Crippen LogP contribution in [0.3, 0.4) is 0 Å². The van der Waals surface area contributed by atoms with E-state index in [9.17, 15) is 4.79 Å². The van der Waals surface area contributed by atoms with Crippen molar-refractivity contribution in [1.82, 2.24) is 20.1 Å². The van der Waals surface area contributed by atoms with Gasteiger partial charge in [0, 0.05) is 36.1 Å². The lowest BCUT2D eigenvalue weighted by Crippen LogP contribution is -2.20. The lowest BCUT2D eigenvalue weighted by atomic mass is 10.1. The molecule has 0 saturated carbocycles. The van der Waals surface area contributed by atoms with E-state index < -0.39 is 0 Å². The van der Waals surface area contributed by atoms with E-state index in [1.807, 2.05) is 30.7 Å². The van der Waals surface area contributed by atoms with E-state index in [2.05, 4.69) is 46.6 Å². The summed E-state index contributed by atoms with van der Waals surface area (Å²) in [5, 5.41) is 7.49. The summed E-state index contributed by atoms with van der Waals surface area (Å²) in [4.78, 5) is 16.3. The predicted molar refractivity (Wildman–Crippen MR) is 114 cm³/mol. The second-order valence-electron chi connectivity index (χ2n) is 6.99. The summed E-state index contributed by atoms with van der Waals surface area (Å²) in [6, 6.07) is 12.1. The van der Waals surface area contributed by atoms with Crippen LogP contribution in [-0.4, -0.2) is 27.8 Å². The van der Waals surface area contributed by atoms with Gasteiger partial charge in [-0.3, -0.25) is 9.48 Å². The van der Waals surface area contributed by atoms with E-state index in [1.54, 1.807) is 25.4 Å². The van der Waals surface area contributed by atoms with Gasteiger partial charge in [0.05, 0.1) is 19.3 Å². The number of aryl methyl sites for hydroxylation is 2. The van der Waals surface area contributed by atoms with Crippen LogP contribution in [0, 0.1) is 20.8 Å². The molecule has 0 radical (unpaired) electrons. The highest BCUT2D eigenvalue weighted by Gasteiger charge is 2.10. The van der Waals surface area contributed by atoms with Crippen molar-refractivity contribution in [3.05, 3.63) is 82.3 Å². The Hall–Kier alpha value is -3.41. The molecule has 3 aromatic rings. The molecular weight excluding hydrogens is 364 g/mol. The Bertz CT molecular complexity index is 1000. The molecule has 150 valence electrons. The van der Waals surface area contributed by atoms with Crippen LogP contribution in [0.4, 0.5) is 0 Å². The Morgan fingerprint density at radius 2 is 1.83 bits per heavy atom. The largest absolute Gasteiger partial charge is 0.481 e. The van der Waals surface area contributed by atoms with E-state index in [-0.39, 0.29) is 5.91 Å². The van der Waals surface area contributed by atoms with Gasteiger partial charge < -0.3 is 10.1 Å². The number of methoxy groups -OCH3 is 1. The predicted octanol–water partition coefficient (Wildman–Crippen LogP) is 3.59. The van der Waals surface area contributed by atoms with E-state index in [0.29, 0.717) is 19.0 Å². The first-order valence-electron chi connectivity index (χ1n) is 9.50. The normalized spacial score (nSPS) is 11.0. The van der Waals surface area contributed by atoms with Crippen molar-refractivity contribution in [3.63, 3.8) is 0 Å². The maximum atomic E-state index is 12.2. The molecular formula is C23H26N4O2. The van der Waals surface area contributed by atoms with E-state index >= 15 is 0 Å². The maximum absolute atomic E-state index is 12.2. The number of rotatable bonds is 7. The minimum Gasteiger partial charge on any atom is -0.481 e. The van der Waals surface area contributed by atoms with Gasteiger partial charge in [-0.05, 0) is 38.0 Å². The van der Waals surface area contributed by atoms with Crippen LogP contribution in [0.5, 0.6) is 5.88 Å². The molecule has 0 spiro atoms. The van der Waals surface area contributed by atoms with Crippen LogP contribution >= 0.6 is 0 Å². The minimum absolute atomic E-state index is 0.161. The quantitative estimate of drug-likeness (QED) is 0.626. The van der Waals surface area contributed by atoms with E-state index in [0.717, 1.165) is 22.5 Å². The van der Waals surface area contributed by atoms with Gasteiger partial charge in [-0.1, -0.05) is 35.9 Å². The highest BCUT2D eigenvalue weighted by molar-refractivity contribution is 5.91. The lowest BCUT2D eigenvalue weighted by molar-refractivity contribution is -0.116. The monoisotopic (exact) mass is 390 g/mol. The van der Waals surface area contributed by atoms with Crippen molar-refractivity contribution >= 4 is 12.0 Å². The Labute approximate surface area is 171 Å².